The molecule has 0 saturated carbocycles. The second-order valence-corrected chi connectivity index (χ2v) is 4.55. The second-order valence-electron chi connectivity index (χ2n) is 4.55. The van der Waals surface area contributed by atoms with Crippen molar-refractivity contribution in [1.29, 1.82) is 0 Å². The summed E-state index contributed by atoms with van der Waals surface area (Å²) in [6.07, 6.45) is 0. The molecule has 18 heavy (non-hydrogen) atoms. The van der Waals surface area contributed by atoms with Crippen LogP contribution in [0.4, 0.5) is 4.39 Å². The Morgan fingerprint density at radius 1 is 1.28 bits per heavy atom. The van der Waals surface area contributed by atoms with Gasteiger partial charge in [-0.15, -0.1) is 10.2 Å². The Balaban J connectivity index is 2.18. The minimum atomic E-state index is -0.301. The standard InChI is InChI=1S/C13H16FN3O/c1-8(2)15-7-12-16-17-13(18-12)10-4-9(3)5-11(14)6-10/h4-6,8,15H,7H2,1-3H3. The fraction of sp³-hybridized carbons (Fsp3) is 0.385. The van der Waals surface area contributed by atoms with E-state index in [2.05, 4.69) is 15.5 Å². The van der Waals surface area contributed by atoms with Crippen molar-refractivity contribution in [2.24, 2.45) is 0 Å². The molecule has 0 aliphatic rings. The predicted molar refractivity (Wildman–Crippen MR) is 66.4 cm³/mol. The van der Waals surface area contributed by atoms with Crippen molar-refractivity contribution in [3.63, 3.8) is 0 Å². The van der Waals surface area contributed by atoms with Gasteiger partial charge in [-0.2, -0.15) is 0 Å². The normalized spacial score (nSPS) is 11.2. The van der Waals surface area contributed by atoms with E-state index in [4.69, 9.17) is 4.42 Å². The van der Waals surface area contributed by atoms with Crippen LogP contribution < -0.4 is 5.32 Å². The minimum Gasteiger partial charge on any atom is -0.419 e. The molecule has 1 aromatic carbocycles. The number of hydrogen-bond donors (Lipinski definition) is 1. The first-order chi connectivity index (χ1) is 8.54. The first kappa shape index (κ1) is 12.7. The molecule has 1 N–H and O–H groups in total. The number of rotatable bonds is 4. The van der Waals surface area contributed by atoms with Gasteiger partial charge in [0, 0.05) is 11.6 Å². The van der Waals surface area contributed by atoms with E-state index in [1.165, 1.54) is 12.1 Å². The van der Waals surface area contributed by atoms with E-state index in [1.54, 1.807) is 0 Å². The van der Waals surface area contributed by atoms with E-state index in [9.17, 15) is 4.39 Å². The highest BCUT2D eigenvalue weighted by Gasteiger charge is 2.10. The van der Waals surface area contributed by atoms with Crippen LogP contribution in [-0.4, -0.2) is 16.2 Å². The summed E-state index contributed by atoms with van der Waals surface area (Å²) < 4.78 is 18.8. The van der Waals surface area contributed by atoms with Crippen LogP contribution in [0.15, 0.2) is 22.6 Å². The number of aryl methyl sites for hydroxylation is 1. The Hall–Kier alpha value is -1.75. The second kappa shape index (κ2) is 5.27. The van der Waals surface area contributed by atoms with Gasteiger partial charge in [0.25, 0.3) is 0 Å². The Labute approximate surface area is 105 Å². The number of halogens is 1. The third-order valence-electron chi connectivity index (χ3n) is 2.42. The summed E-state index contributed by atoms with van der Waals surface area (Å²) in [5.41, 5.74) is 1.43. The SMILES string of the molecule is Cc1cc(F)cc(-c2nnc(CNC(C)C)o2)c1. The molecule has 0 saturated heterocycles. The summed E-state index contributed by atoms with van der Waals surface area (Å²) in [5.74, 6) is 0.545. The van der Waals surface area contributed by atoms with E-state index in [1.807, 2.05) is 26.8 Å². The van der Waals surface area contributed by atoms with Crippen LogP contribution in [0, 0.1) is 12.7 Å². The maximum Gasteiger partial charge on any atom is 0.247 e. The number of nitrogens with zero attached hydrogens (tertiary/aromatic N) is 2. The topological polar surface area (TPSA) is 51.0 Å². The highest BCUT2D eigenvalue weighted by molar-refractivity contribution is 5.53. The predicted octanol–water partition coefficient (Wildman–Crippen LogP) is 2.68. The summed E-state index contributed by atoms with van der Waals surface area (Å²) in [6, 6.07) is 5.01. The van der Waals surface area contributed by atoms with Gasteiger partial charge < -0.3 is 9.73 Å². The van der Waals surface area contributed by atoms with Crippen LogP contribution in [-0.2, 0) is 6.54 Å². The maximum absolute atomic E-state index is 13.3. The van der Waals surface area contributed by atoms with Gasteiger partial charge in [-0.05, 0) is 30.7 Å². The lowest BCUT2D eigenvalue weighted by Gasteiger charge is -2.03. The van der Waals surface area contributed by atoms with Crippen molar-refractivity contribution in [2.45, 2.75) is 33.4 Å². The minimum absolute atomic E-state index is 0.301. The summed E-state index contributed by atoms with van der Waals surface area (Å²) in [4.78, 5) is 0. The lowest BCUT2D eigenvalue weighted by Crippen LogP contribution is -2.21. The molecule has 0 radical (unpaired) electrons. The van der Waals surface area contributed by atoms with Crippen LogP contribution in [0.2, 0.25) is 0 Å². The lowest BCUT2D eigenvalue weighted by atomic mass is 10.1. The maximum atomic E-state index is 13.3. The first-order valence-electron chi connectivity index (χ1n) is 5.88. The summed E-state index contributed by atoms with van der Waals surface area (Å²) >= 11 is 0. The highest BCUT2D eigenvalue weighted by Crippen LogP contribution is 2.20. The molecule has 2 aromatic rings. The van der Waals surface area contributed by atoms with E-state index >= 15 is 0 Å². The van der Waals surface area contributed by atoms with Crippen molar-refractivity contribution in [2.75, 3.05) is 0 Å². The largest absolute Gasteiger partial charge is 0.419 e. The summed E-state index contributed by atoms with van der Waals surface area (Å²) in [5, 5.41) is 11.0. The van der Waals surface area contributed by atoms with Crippen LogP contribution >= 0.6 is 0 Å². The molecule has 5 heteroatoms. The van der Waals surface area contributed by atoms with Gasteiger partial charge in [-0.3, -0.25) is 0 Å². The molecule has 0 spiro atoms. The molecular weight excluding hydrogens is 233 g/mol. The molecule has 0 aliphatic heterocycles. The lowest BCUT2D eigenvalue weighted by molar-refractivity contribution is 0.458. The van der Waals surface area contributed by atoms with Crippen LogP contribution in [0.1, 0.15) is 25.3 Å². The smallest absolute Gasteiger partial charge is 0.247 e. The van der Waals surface area contributed by atoms with Crippen molar-refractivity contribution >= 4 is 0 Å². The Morgan fingerprint density at radius 2 is 2.06 bits per heavy atom. The van der Waals surface area contributed by atoms with E-state index < -0.39 is 0 Å². The zero-order chi connectivity index (χ0) is 13.1. The van der Waals surface area contributed by atoms with Gasteiger partial charge in [-0.1, -0.05) is 13.8 Å². The van der Waals surface area contributed by atoms with Crippen molar-refractivity contribution < 1.29 is 8.81 Å². The highest BCUT2D eigenvalue weighted by atomic mass is 19.1. The van der Waals surface area contributed by atoms with Gasteiger partial charge in [0.15, 0.2) is 0 Å². The van der Waals surface area contributed by atoms with Gasteiger partial charge in [-0.25, -0.2) is 4.39 Å². The van der Waals surface area contributed by atoms with E-state index in [0.29, 0.717) is 29.9 Å². The van der Waals surface area contributed by atoms with E-state index in [-0.39, 0.29) is 5.82 Å². The summed E-state index contributed by atoms with van der Waals surface area (Å²) in [7, 11) is 0. The third kappa shape index (κ3) is 3.13. The average molecular weight is 249 g/mol. The monoisotopic (exact) mass is 249 g/mol. The number of benzene rings is 1. The summed E-state index contributed by atoms with van der Waals surface area (Å²) in [6.45, 7) is 6.41. The zero-order valence-corrected chi connectivity index (χ0v) is 10.7. The van der Waals surface area contributed by atoms with E-state index in [0.717, 1.165) is 5.56 Å². The molecule has 0 unspecified atom stereocenters. The van der Waals surface area contributed by atoms with Crippen molar-refractivity contribution in [3.8, 4) is 11.5 Å². The van der Waals surface area contributed by atoms with Gasteiger partial charge in [0.1, 0.15) is 5.82 Å². The molecule has 0 bridgehead atoms. The molecule has 96 valence electrons. The quantitative estimate of drug-likeness (QED) is 0.905. The Kier molecular flexibility index (Phi) is 3.72. The molecule has 1 aromatic heterocycles. The molecule has 4 nitrogen and oxygen atoms in total. The Morgan fingerprint density at radius 3 is 2.72 bits per heavy atom. The van der Waals surface area contributed by atoms with Gasteiger partial charge in [0.2, 0.25) is 11.8 Å². The molecular formula is C13H16FN3O. The first-order valence-corrected chi connectivity index (χ1v) is 5.88. The average Bonchev–Trinajstić information content (AvgIpc) is 2.73. The van der Waals surface area contributed by atoms with Gasteiger partial charge >= 0.3 is 0 Å². The Bertz CT molecular complexity index is 517. The van der Waals surface area contributed by atoms with Gasteiger partial charge in [0.05, 0.1) is 6.54 Å². The molecule has 0 fully saturated rings. The fourth-order valence-electron chi connectivity index (χ4n) is 1.59. The van der Waals surface area contributed by atoms with Crippen LogP contribution in [0.3, 0.4) is 0 Å². The third-order valence-corrected chi connectivity index (χ3v) is 2.42. The van der Waals surface area contributed by atoms with Crippen molar-refractivity contribution in [3.05, 3.63) is 35.5 Å². The number of nitrogens with one attached hydrogen (secondary N) is 1. The molecule has 1 heterocycles. The van der Waals surface area contributed by atoms with Crippen LogP contribution in [0.5, 0.6) is 0 Å². The van der Waals surface area contributed by atoms with Crippen molar-refractivity contribution in [1.82, 2.24) is 15.5 Å². The molecule has 2 rings (SSSR count). The number of hydrogen-bond acceptors (Lipinski definition) is 4. The zero-order valence-electron chi connectivity index (χ0n) is 10.7. The molecule has 0 amide bonds. The molecule has 0 atom stereocenters. The molecule has 0 aliphatic carbocycles. The van der Waals surface area contributed by atoms with Crippen LogP contribution in [0.25, 0.3) is 11.5 Å². The fourth-order valence-corrected chi connectivity index (χ4v) is 1.59. The number of aromatic nitrogens is 2.